The fourth-order valence-corrected chi connectivity index (χ4v) is 4.71. The average molecular weight is 306 g/mol. The normalized spacial score (nSPS) is 40.9. The summed E-state index contributed by atoms with van der Waals surface area (Å²) < 4.78 is 0. The molecule has 0 aromatic heterocycles. The molecule has 3 fully saturated rings. The van der Waals surface area contributed by atoms with E-state index in [2.05, 4.69) is 15.7 Å². The lowest BCUT2D eigenvalue weighted by Crippen LogP contribution is -2.49. The summed E-state index contributed by atoms with van der Waals surface area (Å²) in [4.78, 5) is 18.1. The lowest BCUT2D eigenvalue weighted by Gasteiger charge is -2.38. The van der Waals surface area contributed by atoms with Crippen LogP contribution in [0.15, 0.2) is 10.3 Å². The molecular formula is C16H26N4O2. The molecule has 5 unspecified atom stereocenters. The minimum atomic E-state index is -0.0887. The Kier molecular flexibility index (Phi) is 4.03. The molecule has 122 valence electrons. The lowest BCUT2D eigenvalue weighted by atomic mass is 9.67. The molecule has 22 heavy (non-hydrogen) atoms. The summed E-state index contributed by atoms with van der Waals surface area (Å²) in [6, 6.07) is 0.270. The van der Waals surface area contributed by atoms with Gasteiger partial charge in [-0.15, -0.1) is 0 Å². The van der Waals surface area contributed by atoms with Crippen molar-refractivity contribution in [3.8, 4) is 0 Å². The molecule has 2 heterocycles. The summed E-state index contributed by atoms with van der Waals surface area (Å²) in [5, 5.41) is 13.1. The number of hydrogen-bond donors (Lipinski definition) is 1. The minimum Gasteiger partial charge on any atom is -0.322 e. The van der Waals surface area contributed by atoms with Crippen LogP contribution in [0.2, 0.25) is 0 Å². The number of carbonyl (C=O) groups excluding carboxylic acids is 1. The molecule has 2 aliphatic heterocycles. The number of hydroxylamine groups is 1. The van der Waals surface area contributed by atoms with E-state index in [9.17, 15) is 4.79 Å². The summed E-state index contributed by atoms with van der Waals surface area (Å²) in [7, 11) is 0. The first kappa shape index (κ1) is 14.4. The minimum absolute atomic E-state index is 0.0603. The summed E-state index contributed by atoms with van der Waals surface area (Å²) in [6.45, 7) is 1.76. The van der Waals surface area contributed by atoms with Crippen LogP contribution in [0.1, 0.15) is 51.4 Å². The van der Waals surface area contributed by atoms with E-state index < -0.39 is 0 Å². The van der Waals surface area contributed by atoms with Crippen molar-refractivity contribution in [2.24, 2.45) is 28.1 Å². The Balaban J connectivity index is 1.33. The number of rotatable bonds is 2. The Morgan fingerprint density at radius 3 is 2.86 bits per heavy atom. The number of fused-ring (bicyclic) bond motifs is 2. The quantitative estimate of drug-likeness (QED) is 0.851. The second-order valence-corrected chi connectivity index (χ2v) is 7.36. The predicted molar refractivity (Wildman–Crippen MR) is 80.6 cm³/mol. The highest BCUT2D eigenvalue weighted by molar-refractivity contribution is 5.72. The second kappa shape index (κ2) is 6.14. The van der Waals surface area contributed by atoms with Gasteiger partial charge < -0.3 is 10.2 Å². The van der Waals surface area contributed by atoms with Gasteiger partial charge in [0.2, 0.25) is 0 Å². The third kappa shape index (κ3) is 2.73. The zero-order chi connectivity index (χ0) is 14.9. The van der Waals surface area contributed by atoms with Crippen LogP contribution in [-0.2, 0) is 9.63 Å². The van der Waals surface area contributed by atoms with E-state index in [1.807, 2.05) is 0 Å². The van der Waals surface area contributed by atoms with E-state index >= 15 is 0 Å². The van der Waals surface area contributed by atoms with Crippen LogP contribution in [0, 0.1) is 17.8 Å². The van der Waals surface area contributed by atoms with Gasteiger partial charge in [0, 0.05) is 6.54 Å². The number of nitrogens with zero attached hydrogens (tertiary/aromatic N) is 3. The van der Waals surface area contributed by atoms with Crippen LogP contribution in [0.4, 0.5) is 0 Å². The van der Waals surface area contributed by atoms with Crippen LogP contribution in [0.3, 0.4) is 0 Å². The van der Waals surface area contributed by atoms with Crippen molar-refractivity contribution in [3.05, 3.63) is 0 Å². The van der Waals surface area contributed by atoms with Gasteiger partial charge >= 0.3 is 5.97 Å². The first-order chi connectivity index (χ1) is 10.8. The van der Waals surface area contributed by atoms with Gasteiger partial charge in [0.15, 0.2) is 0 Å². The first-order valence-electron chi connectivity index (χ1n) is 8.94. The Bertz CT molecular complexity index is 455. The van der Waals surface area contributed by atoms with Gasteiger partial charge in [-0.1, -0.05) is 30.9 Å². The SMILES string of the molecule is O=C(ON1N=NC2CCNCC21)C1CCC2CCCCC2C1. The van der Waals surface area contributed by atoms with E-state index in [0.29, 0.717) is 0 Å². The molecule has 4 aliphatic rings. The lowest BCUT2D eigenvalue weighted by molar-refractivity contribution is -0.207. The van der Waals surface area contributed by atoms with E-state index in [0.717, 1.165) is 44.2 Å². The van der Waals surface area contributed by atoms with Crippen LogP contribution in [-0.4, -0.2) is 36.3 Å². The zero-order valence-electron chi connectivity index (χ0n) is 13.1. The van der Waals surface area contributed by atoms with E-state index in [1.165, 1.54) is 37.3 Å². The smallest absolute Gasteiger partial charge is 0.322 e. The van der Waals surface area contributed by atoms with Gasteiger partial charge in [-0.25, -0.2) is 4.79 Å². The maximum atomic E-state index is 12.5. The largest absolute Gasteiger partial charge is 0.337 e. The molecule has 2 saturated carbocycles. The van der Waals surface area contributed by atoms with Crippen molar-refractivity contribution in [1.29, 1.82) is 0 Å². The second-order valence-electron chi connectivity index (χ2n) is 7.36. The highest BCUT2D eigenvalue weighted by atomic mass is 16.7. The Hall–Kier alpha value is -1.17. The maximum Gasteiger partial charge on any atom is 0.337 e. The first-order valence-corrected chi connectivity index (χ1v) is 8.94. The molecule has 0 amide bonds. The van der Waals surface area contributed by atoms with Crippen LogP contribution < -0.4 is 5.32 Å². The van der Waals surface area contributed by atoms with Gasteiger partial charge in [-0.3, -0.25) is 0 Å². The number of piperidine rings is 1. The van der Waals surface area contributed by atoms with Crippen molar-refractivity contribution < 1.29 is 9.63 Å². The molecule has 5 atom stereocenters. The van der Waals surface area contributed by atoms with Gasteiger partial charge in [0.25, 0.3) is 0 Å². The molecule has 0 aromatic carbocycles. The zero-order valence-corrected chi connectivity index (χ0v) is 13.1. The molecule has 6 heteroatoms. The molecule has 0 radical (unpaired) electrons. The molecule has 6 nitrogen and oxygen atoms in total. The molecule has 0 spiro atoms. The molecule has 0 bridgehead atoms. The summed E-state index contributed by atoms with van der Waals surface area (Å²) in [5.41, 5.74) is 0. The van der Waals surface area contributed by atoms with Gasteiger partial charge in [-0.2, -0.15) is 5.11 Å². The van der Waals surface area contributed by atoms with Gasteiger partial charge in [-0.05, 0) is 49.3 Å². The maximum absolute atomic E-state index is 12.5. The van der Waals surface area contributed by atoms with Crippen LogP contribution in [0.5, 0.6) is 0 Å². The Labute approximate surface area is 131 Å². The van der Waals surface area contributed by atoms with E-state index in [4.69, 9.17) is 4.84 Å². The summed E-state index contributed by atoms with van der Waals surface area (Å²) >= 11 is 0. The van der Waals surface area contributed by atoms with Crippen molar-refractivity contribution in [1.82, 2.24) is 10.5 Å². The molecule has 1 N–H and O–H groups in total. The topological polar surface area (TPSA) is 66.3 Å². The molecule has 2 aliphatic carbocycles. The van der Waals surface area contributed by atoms with Crippen molar-refractivity contribution in [2.75, 3.05) is 13.1 Å². The average Bonchev–Trinajstić information content (AvgIpc) is 2.97. The predicted octanol–water partition coefficient (Wildman–Crippen LogP) is 2.46. The Morgan fingerprint density at radius 1 is 1.09 bits per heavy atom. The fourth-order valence-electron chi connectivity index (χ4n) is 4.71. The molecule has 1 saturated heterocycles. The number of nitrogens with one attached hydrogen (secondary N) is 1. The van der Waals surface area contributed by atoms with Crippen molar-refractivity contribution in [2.45, 2.75) is 63.5 Å². The Morgan fingerprint density at radius 2 is 1.95 bits per heavy atom. The van der Waals surface area contributed by atoms with E-state index in [1.54, 1.807) is 0 Å². The number of carbonyl (C=O) groups is 1. The van der Waals surface area contributed by atoms with Gasteiger partial charge in [0.05, 0.1) is 5.92 Å². The summed E-state index contributed by atoms with van der Waals surface area (Å²) in [5.74, 6) is 1.57. The van der Waals surface area contributed by atoms with Gasteiger partial charge in [0.1, 0.15) is 12.1 Å². The third-order valence-corrected chi connectivity index (χ3v) is 6.04. The highest BCUT2D eigenvalue weighted by Gasteiger charge is 2.40. The summed E-state index contributed by atoms with van der Waals surface area (Å²) in [6.07, 6.45) is 9.53. The highest BCUT2D eigenvalue weighted by Crippen LogP contribution is 2.43. The van der Waals surface area contributed by atoms with Crippen molar-refractivity contribution in [3.63, 3.8) is 0 Å². The van der Waals surface area contributed by atoms with Crippen LogP contribution >= 0.6 is 0 Å². The fraction of sp³-hybridized carbons (Fsp3) is 0.938. The third-order valence-electron chi connectivity index (χ3n) is 6.04. The molecule has 4 rings (SSSR count). The van der Waals surface area contributed by atoms with E-state index in [-0.39, 0.29) is 24.0 Å². The number of hydrogen-bond acceptors (Lipinski definition) is 6. The monoisotopic (exact) mass is 306 g/mol. The van der Waals surface area contributed by atoms with Crippen molar-refractivity contribution >= 4 is 5.97 Å². The molecular weight excluding hydrogens is 280 g/mol. The van der Waals surface area contributed by atoms with Crippen LogP contribution in [0.25, 0.3) is 0 Å². The standard InChI is InChI=1S/C16H26N4O2/c21-16(13-6-5-11-3-1-2-4-12(11)9-13)22-20-15-10-17-8-7-14(15)18-19-20/h11-15,17H,1-10H2. The molecule has 0 aromatic rings.